The minimum atomic E-state index is -3.81. The number of sulfonamides is 1. The van der Waals surface area contributed by atoms with Gasteiger partial charge in [0.25, 0.3) is 0 Å². The van der Waals surface area contributed by atoms with Gasteiger partial charge in [-0.2, -0.15) is 0 Å². The summed E-state index contributed by atoms with van der Waals surface area (Å²) < 4.78 is 53.8. The van der Waals surface area contributed by atoms with Gasteiger partial charge in [0.2, 0.25) is 10.0 Å². The van der Waals surface area contributed by atoms with Crippen molar-refractivity contribution >= 4 is 31.2 Å². The van der Waals surface area contributed by atoms with E-state index in [0.717, 1.165) is 5.56 Å². The Bertz CT molecular complexity index is 1090. The second kappa shape index (κ2) is 7.93. The monoisotopic (exact) mass is 421 g/mol. The van der Waals surface area contributed by atoms with Crippen molar-refractivity contribution in [2.75, 3.05) is 6.54 Å². The molecule has 142 valence electrons. The van der Waals surface area contributed by atoms with Crippen molar-refractivity contribution in [2.24, 2.45) is 0 Å². The zero-order valence-electron chi connectivity index (χ0n) is 14.6. The van der Waals surface area contributed by atoms with Gasteiger partial charge in [-0.05, 0) is 42.6 Å². The summed E-state index contributed by atoms with van der Waals surface area (Å²) in [4.78, 5) is 0.861. The van der Waals surface area contributed by atoms with Crippen molar-refractivity contribution in [3.05, 3.63) is 82.6 Å². The van der Waals surface area contributed by atoms with Crippen LogP contribution in [0.1, 0.15) is 15.7 Å². The van der Waals surface area contributed by atoms with E-state index in [4.69, 9.17) is 0 Å². The van der Waals surface area contributed by atoms with Crippen molar-refractivity contribution in [2.45, 2.75) is 22.0 Å². The Morgan fingerprint density at radius 2 is 1.52 bits per heavy atom. The molecule has 0 amide bonds. The second-order valence-electron chi connectivity index (χ2n) is 6.03. The normalized spacial score (nSPS) is 13.4. The zero-order chi connectivity index (χ0) is 19.5. The molecular formula is C19H19NO4S3. The molecule has 0 saturated heterocycles. The van der Waals surface area contributed by atoms with Gasteiger partial charge in [-0.25, -0.2) is 21.6 Å². The van der Waals surface area contributed by atoms with Gasteiger partial charge in [-0.3, -0.25) is 0 Å². The molecule has 0 fully saturated rings. The first-order valence-corrected chi connectivity index (χ1v) is 12.1. The fourth-order valence-electron chi connectivity index (χ4n) is 2.60. The molecule has 3 rings (SSSR count). The summed E-state index contributed by atoms with van der Waals surface area (Å²) in [6.45, 7) is 1.63. The average molecular weight is 422 g/mol. The van der Waals surface area contributed by atoms with Gasteiger partial charge in [-0.1, -0.05) is 42.0 Å². The summed E-state index contributed by atoms with van der Waals surface area (Å²) in [5, 5.41) is 0.775. The van der Waals surface area contributed by atoms with E-state index in [1.165, 1.54) is 23.5 Å². The minimum Gasteiger partial charge on any atom is -0.223 e. The molecule has 0 saturated carbocycles. The third-order valence-corrected chi connectivity index (χ3v) is 8.77. The standard InChI is InChI=1S/C19H19NO4S3/c1-15-9-11-16(12-10-15)26(21,22)19(18-8-5-13-25-18)14-20-27(23,24)17-6-3-2-4-7-17/h2-13,19-20H,14H2,1H3. The van der Waals surface area contributed by atoms with E-state index < -0.39 is 25.1 Å². The number of rotatable bonds is 7. The molecule has 5 nitrogen and oxygen atoms in total. The molecule has 1 aromatic heterocycles. The maximum atomic E-state index is 13.2. The first kappa shape index (κ1) is 19.8. The first-order valence-electron chi connectivity index (χ1n) is 8.19. The van der Waals surface area contributed by atoms with Crippen LogP contribution in [0.25, 0.3) is 0 Å². The Morgan fingerprint density at radius 3 is 2.11 bits per heavy atom. The molecule has 0 aliphatic heterocycles. The number of thiophene rings is 1. The van der Waals surface area contributed by atoms with Crippen LogP contribution in [0.15, 0.2) is 81.9 Å². The lowest BCUT2D eigenvalue weighted by Crippen LogP contribution is -2.31. The van der Waals surface area contributed by atoms with Gasteiger partial charge in [-0.15, -0.1) is 11.3 Å². The maximum Gasteiger partial charge on any atom is 0.240 e. The predicted octanol–water partition coefficient (Wildman–Crippen LogP) is 3.55. The Balaban J connectivity index is 1.92. The highest BCUT2D eigenvalue weighted by atomic mass is 32.2. The van der Waals surface area contributed by atoms with Crippen LogP contribution >= 0.6 is 11.3 Å². The Hall–Kier alpha value is -2.00. The number of hydrogen-bond donors (Lipinski definition) is 1. The lowest BCUT2D eigenvalue weighted by atomic mass is 10.2. The zero-order valence-corrected chi connectivity index (χ0v) is 17.0. The molecule has 27 heavy (non-hydrogen) atoms. The van der Waals surface area contributed by atoms with Crippen molar-refractivity contribution in [3.63, 3.8) is 0 Å². The highest BCUT2D eigenvalue weighted by Crippen LogP contribution is 2.31. The van der Waals surface area contributed by atoms with E-state index in [-0.39, 0.29) is 16.3 Å². The summed E-state index contributed by atoms with van der Waals surface area (Å²) in [6, 6.07) is 17.9. The van der Waals surface area contributed by atoms with Crippen LogP contribution in [-0.2, 0) is 19.9 Å². The van der Waals surface area contributed by atoms with Crippen LogP contribution < -0.4 is 4.72 Å². The molecule has 0 aliphatic rings. The summed E-state index contributed by atoms with van der Waals surface area (Å²) in [7, 11) is -7.57. The first-order chi connectivity index (χ1) is 12.8. The summed E-state index contributed by atoms with van der Waals surface area (Å²) in [6.07, 6.45) is 0. The lowest BCUT2D eigenvalue weighted by molar-refractivity contribution is 0.569. The summed E-state index contributed by atoms with van der Waals surface area (Å²) >= 11 is 1.29. The molecule has 2 aromatic carbocycles. The van der Waals surface area contributed by atoms with E-state index in [2.05, 4.69) is 4.72 Å². The Kier molecular flexibility index (Phi) is 5.81. The molecule has 0 radical (unpaired) electrons. The summed E-state index contributed by atoms with van der Waals surface area (Å²) in [5.74, 6) is 0. The average Bonchev–Trinajstić information content (AvgIpc) is 3.17. The third-order valence-electron chi connectivity index (χ3n) is 4.10. The van der Waals surface area contributed by atoms with Crippen LogP contribution in [0, 0.1) is 6.92 Å². The van der Waals surface area contributed by atoms with Gasteiger partial charge in [0.05, 0.1) is 9.79 Å². The number of sulfone groups is 1. The molecule has 3 aromatic rings. The van der Waals surface area contributed by atoms with E-state index in [9.17, 15) is 16.8 Å². The topological polar surface area (TPSA) is 80.3 Å². The molecule has 0 spiro atoms. The number of benzene rings is 2. The van der Waals surface area contributed by atoms with Crippen LogP contribution in [0.4, 0.5) is 0 Å². The second-order valence-corrected chi connectivity index (χ2v) is 10.9. The molecular weight excluding hydrogens is 402 g/mol. The Morgan fingerprint density at radius 1 is 0.852 bits per heavy atom. The largest absolute Gasteiger partial charge is 0.240 e. The molecule has 1 N–H and O–H groups in total. The van der Waals surface area contributed by atoms with E-state index in [1.807, 2.05) is 6.92 Å². The van der Waals surface area contributed by atoms with Gasteiger partial charge in [0.1, 0.15) is 5.25 Å². The predicted molar refractivity (Wildman–Crippen MR) is 107 cm³/mol. The SMILES string of the molecule is Cc1ccc(S(=O)(=O)C(CNS(=O)(=O)c2ccccc2)c2cccs2)cc1. The fraction of sp³-hybridized carbons (Fsp3) is 0.158. The van der Waals surface area contributed by atoms with Crippen molar-refractivity contribution < 1.29 is 16.8 Å². The van der Waals surface area contributed by atoms with Crippen molar-refractivity contribution in [1.82, 2.24) is 4.72 Å². The highest BCUT2D eigenvalue weighted by Gasteiger charge is 2.31. The van der Waals surface area contributed by atoms with Crippen LogP contribution in [0.3, 0.4) is 0 Å². The number of nitrogens with one attached hydrogen (secondary N) is 1. The van der Waals surface area contributed by atoms with Crippen LogP contribution in [0.2, 0.25) is 0 Å². The molecule has 1 heterocycles. The van der Waals surface area contributed by atoms with Crippen LogP contribution in [-0.4, -0.2) is 23.4 Å². The van der Waals surface area contributed by atoms with Gasteiger partial charge in [0, 0.05) is 11.4 Å². The lowest BCUT2D eigenvalue weighted by Gasteiger charge is -2.18. The molecule has 8 heteroatoms. The van der Waals surface area contributed by atoms with E-state index in [1.54, 1.807) is 60.0 Å². The highest BCUT2D eigenvalue weighted by molar-refractivity contribution is 7.92. The van der Waals surface area contributed by atoms with Crippen molar-refractivity contribution in [3.8, 4) is 0 Å². The molecule has 1 atom stereocenters. The Labute approximate surface area is 163 Å². The number of aryl methyl sites for hydroxylation is 1. The smallest absolute Gasteiger partial charge is 0.223 e. The molecule has 1 unspecified atom stereocenters. The quantitative estimate of drug-likeness (QED) is 0.633. The van der Waals surface area contributed by atoms with Gasteiger partial charge in [0.15, 0.2) is 9.84 Å². The summed E-state index contributed by atoms with van der Waals surface area (Å²) in [5.41, 5.74) is 0.950. The molecule has 0 aliphatic carbocycles. The third kappa shape index (κ3) is 4.47. The number of hydrogen-bond acceptors (Lipinski definition) is 5. The molecule has 0 bridgehead atoms. The fourth-order valence-corrected chi connectivity index (χ4v) is 6.56. The maximum absolute atomic E-state index is 13.2. The van der Waals surface area contributed by atoms with Crippen molar-refractivity contribution in [1.29, 1.82) is 0 Å². The minimum absolute atomic E-state index is 0.0997. The van der Waals surface area contributed by atoms with Crippen LogP contribution in [0.5, 0.6) is 0 Å². The van der Waals surface area contributed by atoms with Gasteiger partial charge < -0.3 is 0 Å². The van der Waals surface area contributed by atoms with E-state index >= 15 is 0 Å². The van der Waals surface area contributed by atoms with E-state index in [0.29, 0.717) is 4.88 Å². The van der Waals surface area contributed by atoms with Gasteiger partial charge >= 0.3 is 0 Å².